The van der Waals surface area contributed by atoms with E-state index in [9.17, 15) is 4.79 Å². The molecule has 6 nitrogen and oxygen atoms in total. The summed E-state index contributed by atoms with van der Waals surface area (Å²) in [6, 6.07) is 10.1. The van der Waals surface area contributed by atoms with E-state index in [1.807, 2.05) is 35.4 Å². The molecule has 1 aliphatic rings. The highest BCUT2D eigenvalue weighted by molar-refractivity contribution is 5.92. The zero-order valence-corrected chi connectivity index (χ0v) is 14.5. The van der Waals surface area contributed by atoms with E-state index in [4.69, 9.17) is 5.26 Å². The van der Waals surface area contributed by atoms with E-state index in [-0.39, 0.29) is 5.91 Å². The number of pyridine rings is 1. The maximum Gasteiger partial charge on any atom is 0.270 e. The maximum absolute atomic E-state index is 12.6. The Labute approximate surface area is 148 Å². The summed E-state index contributed by atoms with van der Waals surface area (Å²) in [7, 11) is 2.13. The Bertz CT molecular complexity index is 749. The van der Waals surface area contributed by atoms with Gasteiger partial charge >= 0.3 is 0 Å². The molecule has 6 heteroatoms. The Kier molecular flexibility index (Phi) is 5.46. The summed E-state index contributed by atoms with van der Waals surface area (Å²) in [6.45, 7) is 2.31. The predicted molar refractivity (Wildman–Crippen MR) is 94.8 cm³/mol. The van der Waals surface area contributed by atoms with Crippen LogP contribution in [0.3, 0.4) is 0 Å². The molecular weight excluding hydrogens is 314 g/mol. The van der Waals surface area contributed by atoms with Crippen LogP contribution in [0.5, 0.6) is 0 Å². The fourth-order valence-electron chi connectivity index (χ4n) is 3.35. The van der Waals surface area contributed by atoms with Gasteiger partial charge in [0.25, 0.3) is 5.91 Å². The number of likely N-dealkylation sites (tertiary alicyclic amines) is 1. The molecule has 1 fully saturated rings. The molecular formula is C19H23N5O. The summed E-state index contributed by atoms with van der Waals surface area (Å²) < 4.78 is 0. The number of hydrogen-bond donors (Lipinski definition) is 1. The molecule has 0 aliphatic carbocycles. The minimum absolute atomic E-state index is 0.0190. The van der Waals surface area contributed by atoms with Crippen LogP contribution in [-0.2, 0) is 6.54 Å². The third-order valence-corrected chi connectivity index (χ3v) is 4.79. The van der Waals surface area contributed by atoms with Crippen LogP contribution in [0.4, 0.5) is 0 Å². The van der Waals surface area contributed by atoms with Crippen molar-refractivity contribution in [2.75, 3.05) is 20.1 Å². The van der Waals surface area contributed by atoms with Gasteiger partial charge in [0.1, 0.15) is 11.8 Å². The molecule has 0 aromatic carbocycles. The Hall–Kier alpha value is -2.65. The Morgan fingerprint density at radius 2 is 2.32 bits per heavy atom. The van der Waals surface area contributed by atoms with Crippen LogP contribution in [0.1, 0.15) is 41.0 Å². The van der Waals surface area contributed by atoms with Crippen LogP contribution in [0.2, 0.25) is 0 Å². The predicted octanol–water partition coefficient (Wildman–Crippen LogP) is 2.41. The lowest BCUT2D eigenvalue weighted by atomic mass is 10.1. The molecule has 3 heterocycles. The minimum Gasteiger partial charge on any atom is -0.356 e. The highest BCUT2D eigenvalue weighted by Crippen LogP contribution is 2.19. The molecule has 0 bridgehead atoms. The zero-order valence-electron chi connectivity index (χ0n) is 14.5. The van der Waals surface area contributed by atoms with Gasteiger partial charge in [-0.25, -0.2) is 0 Å². The van der Waals surface area contributed by atoms with Crippen LogP contribution in [0, 0.1) is 11.3 Å². The quantitative estimate of drug-likeness (QED) is 0.929. The number of carbonyl (C=O) groups excluding carboxylic acids is 1. The summed E-state index contributed by atoms with van der Waals surface area (Å²) in [5.74, 6) is -0.0190. The number of hydrogen-bond acceptors (Lipinski definition) is 4. The Morgan fingerprint density at radius 3 is 3.04 bits per heavy atom. The van der Waals surface area contributed by atoms with E-state index in [1.54, 1.807) is 12.3 Å². The number of nitriles is 1. The lowest BCUT2D eigenvalue weighted by molar-refractivity contribution is 0.0752. The van der Waals surface area contributed by atoms with E-state index in [0.29, 0.717) is 17.3 Å². The second-order valence-corrected chi connectivity index (χ2v) is 6.53. The average Bonchev–Trinajstić information content (AvgIpc) is 2.98. The van der Waals surface area contributed by atoms with Crippen molar-refractivity contribution in [2.45, 2.75) is 31.8 Å². The van der Waals surface area contributed by atoms with E-state index in [2.05, 4.69) is 21.9 Å². The number of H-pyrrole nitrogens is 1. The second kappa shape index (κ2) is 7.95. The molecule has 130 valence electrons. The molecule has 1 atom stereocenters. The first kappa shape index (κ1) is 17.2. The van der Waals surface area contributed by atoms with E-state index in [0.717, 1.165) is 44.6 Å². The minimum atomic E-state index is -0.0190. The molecule has 0 radical (unpaired) electrons. The first-order valence-electron chi connectivity index (χ1n) is 8.65. The van der Waals surface area contributed by atoms with Crippen molar-refractivity contribution in [1.29, 1.82) is 5.26 Å². The lowest BCUT2D eigenvalue weighted by Gasteiger charge is -2.27. The average molecular weight is 337 g/mol. The normalized spacial score (nSPS) is 18.0. The van der Waals surface area contributed by atoms with Crippen molar-refractivity contribution >= 4 is 5.91 Å². The van der Waals surface area contributed by atoms with Crippen molar-refractivity contribution in [2.24, 2.45) is 0 Å². The van der Waals surface area contributed by atoms with E-state index in [1.165, 1.54) is 0 Å². The molecule has 1 aliphatic heterocycles. The van der Waals surface area contributed by atoms with Gasteiger partial charge in [-0.2, -0.15) is 5.26 Å². The number of rotatable bonds is 4. The fourth-order valence-corrected chi connectivity index (χ4v) is 3.35. The largest absolute Gasteiger partial charge is 0.356 e. The number of aromatic amines is 1. The molecule has 3 rings (SSSR count). The first-order valence-corrected chi connectivity index (χ1v) is 8.65. The molecule has 0 unspecified atom stereocenters. The van der Waals surface area contributed by atoms with E-state index >= 15 is 0 Å². The second-order valence-electron chi connectivity index (χ2n) is 6.53. The summed E-state index contributed by atoms with van der Waals surface area (Å²) in [4.78, 5) is 24.1. The molecule has 0 spiro atoms. The standard InChI is InChI=1S/C19H23N5O/c1-23(14-16-5-2-3-8-21-16)17-6-4-9-24(10-7-17)19(25)18-11-15(12-20)13-22-18/h2-3,5,8,11,13,17,22H,4,6-7,9-10,14H2,1H3/t17-/m1/s1. The van der Waals surface area contributed by atoms with E-state index < -0.39 is 0 Å². The van der Waals surface area contributed by atoms with Gasteiger partial charge in [-0.05, 0) is 44.5 Å². The smallest absolute Gasteiger partial charge is 0.270 e. The van der Waals surface area contributed by atoms with Gasteiger partial charge in [-0.15, -0.1) is 0 Å². The number of nitrogens with zero attached hydrogens (tertiary/aromatic N) is 4. The van der Waals surface area contributed by atoms with Crippen molar-refractivity contribution < 1.29 is 4.79 Å². The van der Waals surface area contributed by atoms with Crippen LogP contribution >= 0.6 is 0 Å². The van der Waals surface area contributed by atoms with Gasteiger partial charge in [0.15, 0.2) is 0 Å². The van der Waals surface area contributed by atoms with Crippen molar-refractivity contribution in [3.05, 3.63) is 53.6 Å². The van der Waals surface area contributed by atoms with Crippen LogP contribution < -0.4 is 0 Å². The third kappa shape index (κ3) is 4.25. The molecule has 1 N–H and O–H groups in total. The number of aromatic nitrogens is 2. The van der Waals surface area contributed by atoms with Crippen molar-refractivity contribution in [3.63, 3.8) is 0 Å². The zero-order chi connectivity index (χ0) is 17.6. The summed E-state index contributed by atoms with van der Waals surface area (Å²) >= 11 is 0. The monoisotopic (exact) mass is 337 g/mol. The maximum atomic E-state index is 12.6. The topological polar surface area (TPSA) is 76.0 Å². The number of amides is 1. The number of carbonyl (C=O) groups is 1. The van der Waals surface area contributed by atoms with Gasteiger partial charge in [0.2, 0.25) is 0 Å². The van der Waals surface area contributed by atoms with Gasteiger partial charge in [-0.1, -0.05) is 6.07 Å². The van der Waals surface area contributed by atoms with Crippen LogP contribution in [0.15, 0.2) is 36.7 Å². The summed E-state index contributed by atoms with van der Waals surface area (Å²) in [5.41, 5.74) is 2.06. The molecule has 1 amide bonds. The third-order valence-electron chi connectivity index (χ3n) is 4.79. The highest BCUT2D eigenvalue weighted by atomic mass is 16.2. The Morgan fingerprint density at radius 1 is 1.44 bits per heavy atom. The summed E-state index contributed by atoms with van der Waals surface area (Å²) in [5, 5.41) is 8.90. The van der Waals surface area contributed by atoms with Crippen molar-refractivity contribution in [1.82, 2.24) is 19.8 Å². The van der Waals surface area contributed by atoms with Gasteiger partial charge in [0.05, 0.1) is 11.3 Å². The lowest BCUT2D eigenvalue weighted by Crippen LogP contribution is -2.35. The summed E-state index contributed by atoms with van der Waals surface area (Å²) in [6.07, 6.45) is 6.40. The SMILES string of the molecule is CN(Cc1ccccn1)[C@@H]1CCCN(C(=O)c2cc(C#N)c[nH]2)CC1. The Balaban J connectivity index is 1.58. The molecule has 0 saturated carbocycles. The number of nitrogens with one attached hydrogen (secondary N) is 1. The van der Waals surface area contributed by atoms with Gasteiger partial charge in [-0.3, -0.25) is 14.7 Å². The van der Waals surface area contributed by atoms with Gasteiger partial charge in [0, 0.05) is 38.1 Å². The first-order chi connectivity index (χ1) is 12.2. The van der Waals surface area contributed by atoms with Gasteiger partial charge < -0.3 is 9.88 Å². The molecule has 2 aromatic heterocycles. The van der Waals surface area contributed by atoms with Crippen LogP contribution in [-0.4, -0.2) is 51.9 Å². The molecule has 25 heavy (non-hydrogen) atoms. The molecule has 2 aromatic rings. The fraction of sp³-hybridized carbons (Fsp3) is 0.421. The molecule has 1 saturated heterocycles. The highest BCUT2D eigenvalue weighted by Gasteiger charge is 2.24. The van der Waals surface area contributed by atoms with Crippen molar-refractivity contribution in [3.8, 4) is 6.07 Å². The van der Waals surface area contributed by atoms with Crippen LogP contribution in [0.25, 0.3) is 0 Å².